The molecule has 0 aliphatic heterocycles. The Morgan fingerprint density at radius 2 is 1.80 bits per heavy atom. The van der Waals surface area contributed by atoms with Crippen LogP contribution in [0.1, 0.15) is 76.1 Å². The molecule has 1 unspecified atom stereocenters. The highest BCUT2D eigenvalue weighted by Crippen LogP contribution is 2.35. The summed E-state index contributed by atoms with van der Waals surface area (Å²) in [5.41, 5.74) is 7.14. The standard InChI is InChI=1S/C17H29N3/c1-3-5-13-6-8-15(9-7-13)17-19-11-14(12-20-17)10-16(18)4-2/h11-13,15-16H,3-10,18H2,1-2H3. The predicted molar refractivity (Wildman–Crippen MR) is 83.6 cm³/mol. The number of hydrogen-bond acceptors (Lipinski definition) is 3. The van der Waals surface area contributed by atoms with Crippen LogP contribution >= 0.6 is 0 Å². The molecule has 0 aromatic carbocycles. The fourth-order valence-corrected chi connectivity index (χ4v) is 3.25. The Balaban J connectivity index is 1.87. The van der Waals surface area contributed by atoms with Gasteiger partial charge in [-0.1, -0.05) is 26.7 Å². The number of rotatable bonds is 6. The van der Waals surface area contributed by atoms with E-state index < -0.39 is 0 Å². The summed E-state index contributed by atoms with van der Waals surface area (Å²) in [6, 6.07) is 0.230. The average molecular weight is 275 g/mol. The third-order valence-electron chi connectivity index (χ3n) is 4.66. The second kappa shape index (κ2) is 7.72. The topological polar surface area (TPSA) is 51.8 Å². The largest absolute Gasteiger partial charge is 0.327 e. The summed E-state index contributed by atoms with van der Waals surface area (Å²) >= 11 is 0. The zero-order chi connectivity index (χ0) is 14.4. The highest BCUT2D eigenvalue weighted by Gasteiger charge is 2.23. The lowest BCUT2D eigenvalue weighted by molar-refractivity contribution is 0.302. The summed E-state index contributed by atoms with van der Waals surface area (Å²) in [6.45, 7) is 4.41. The molecular weight excluding hydrogens is 246 g/mol. The maximum absolute atomic E-state index is 5.97. The van der Waals surface area contributed by atoms with E-state index in [4.69, 9.17) is 5.73 Å². The lowest BCUT2D eigenvalue weighted by Crippen LogP contribution is -2.22. The molecule has 3 nitrogen and oxygen atoms in total. The molecular formula is C17H29N3. The van der Waals surface area contributed by atoms with Crippen LogP contribution in [0, 0.1) is 5.92 Å². The smallest absolute Gasteiger partial charge is 0.131 e. The Morgan fingerprint density at radius 3 is 2.35 bits per heavy atom. The van der Waals surface area contributed by atoms with Crippen molar-refractivity contribution in [2.24, 2.45) is 11.7 Å². The monoisotopic (exact) mass is 275 g/mol. The number of nitrogens with zero attached hydrogens (tertiary/aromatic N) is 2. The number of hydrogen-bond donors (Lipinski definition) is 1. The average Bonchev–Trinajstić information content (AvgIpc) is 2.49. The fraction of sp³-hybridized carbons (Fsp3) is 0.765. The Hall–Kier alpha value is -0.960. The minimum Gasteiger partial charge on any atom is -0.327 e. The van der Waals surface area contributed by atoms with Crippen molar-refractivity contribution >= 4 is 0 Å². The van der Waals surface area contributed by atoms with Crippen LogP contribution in [0.4, 0.5) is 0 Å². The normalized spacial score (nSPS) is 24.6. The van der Waals surface area contributed by atoms with E-state index in [1.165, 1.54) is 44.1 Å². The summed E-state index contributed by atoms with van der Waals surface area (Å²) in [6.07, 6.45) is 13.8. The molecule has 20 heavy (non-hydrogen) atoms. The van der Waals surface area contributed by atoms with Crippen molar-refractivity contribution in [3.8, 4) is 0 Å². The Kier molecular flexibility index (Phi) is 5.96. The molecule has 1 aromatic rings. The zero-order valence-electron chi connectivity index (χ0n) is 13.0. The minimum absolute atomic E-state index is 0.230. The van der Waals surface area contributed by atoms with Gasteiger partial charge in [-0.25, -0.2) is 9.97 Å². The third-order valence-corrected chi connectivity index (χ3v) is 4.66. The van der Waals surface area contributed by atoms with Gasteiger partial charge >= 0.3 is 0 Å². The van der Waals surface area contributed by atoms with Crippen molar-refractivity contribution in [2.75, 3.05) is 0 Å². The second-order valence-corrected chi connectivity index (χ2v) is 6.33. The molecule has 112 valence electrons. The predicted octanol–water partition coefficient (Wildman–Crippen LogP) is 3.83. The van der Waals surface area contributed by atoms with Gasteiger partial charge < -0.3 is 5.73 Å². The van der Waals surface area contributed by atoms with E-state index in [0.29, 0.717) is 5.92 Å². The van der Waals surface area contributed by atoms with Crippen molar-refractivity contribution in [1.82, 2.24) is 9.97 Å². The first-order chi connectivity index (χ1) is 9.72. The van der Waals surface area contributed by atoms with Gasteiger partial charge in [-0.3, -0.25) is 0 Å². The van der Waals surface area contributed by atoms with Crippen molar-refractivity contribution in [3.05, 3.63) is 23.8 Å². The first kappa shape index (κ1) is 15.4. The first-order valence-corrected chi connectivity index (χ1v) is 8.29. The van der Waals surface area contributed by atoms with Crippen LogP contribution < -0.4 is 5.73 Å². The summed E-state index contributed by atoms with van der Waals surface area (Å²) in [4.78, 5) is 9.19. The van der Waals surface area contributed by atoms with E-state index >= 15 is 0 Å². The first-order valence-electron chi connectivity index (χ1n) is 8.29. The highest BCUT2D eigenvalue weighted by atomic mass is 14.9. The van der Waals surface area contributed by atoms with Gasteiger partial charge in [0.15, 0.2) is 0 Å². The molecule has 3 heteroatoms. The zero-order valence-corrected chi connectivity index (χ0v) is 13.0. The van der Waals surface area contributed by atoms with E-state index in [-0.39, 0.29) is 6.04 Å². The molecule has 1 fully saturated rings. The Morgan fingerprint density at radius 1 is 1.15 bits per heavy atom. The van der Waals surface area contributed by atoms with Crippen LogP contribution in [0.2, 0.25) is 0 Å². The van der Waals surface area contributed by atoms with Crippen molar-refractivity contribution in [1.29, 1.82) is 0 Å². The molecule has 2 rings (SSSR count). The summed E-state index contributed by atoms with van der Waals surface area (Å²) in [5.74, 6) is 2.57. The molecule has 1 aliphatic rings. The molecule has 2 N–H and O–H groups in total. The highest BCUT2D eigenvalue weighted by molar-refractivity contribution is 5.09. The van der Waals surface area contributed by atoms with Crippen LogP contribution in [0.15, 0.2) is 12.4 Å². The van der Waals surface area contributed by atoms with E-state index in [0.717, 1.165) is 24.6 Å². The Bertz CT molecular complexity index is 380. The van der Waals surface area contributed by atoms with Crippen LogP contribution in [-0.2, 0) is 6.42 Å². The van der Waals surface area contributed by atoms with Gasteiger partial charge in [-0.2, -0.15) is 0 Å². The third kappa shape index (κ3) is 4.27. The van der Waals surface area contributed by atoms with Crippen LogP contribution in [0.5, 0.6) is 0 Å². The van der Waals surface area contributed by atoms with Gasteiger partial charge in [0.1, 0.15) is 5.82 Å². The van der Waals surface area contributed by atoms with E-state index in [2.05, 4.69) is 23.8 Å². The molecule has 1 atom stereocenters. The van der Waals surface area contributed by atoms with Gasteiger partial charge in [0.25, 0.3) is 0 Å². The molecule has 0 spiro atoms. The van der Waals surface area contributed by atoms with Crippen molar-refractivity contribution in [2.45, 2.75) is 77.2 Å². The molecule has 1 aromatic heterocycles. The molecule has 1 heterocycles. The van der Waals surface area contributed by atoms with E-state index in [1.54, 1.807) is 0 Å². The van der Waals surface area contributed by atoms with Crippen molar-refractivity contribution in [3.63, 3.8) is 0 Å². The molecule has 1 saturated carbocycles. The van der Waals surface area contributed by atoms with Gasteiger partial charge in [-0.15, -0.1) is 0 Å². The molecule has 0 radical (unpaired) electrons. The quantitative estimate of drug-likeness (QED) is 0.858. The number of nitrogens with two attached hydrogens (primary N) is 1. The summed E-state index contributed by atoms with van der Waals surface area (Å²) in [7, 11) is 0. The summed E-state index contributed by atoms with van der Waals surface area (Å²) in [5, 5.41) is 0. The SMILES string of the molecule is CCCC1CCC(c2ncc(CC(N)CC)cn2)CC1. The fourth-order valence-electron chi connectivity index (χ4n) is 3.25. The lowest BCUT2D eigenvalue weighted by atomic mass is 9.80. The Labute approximate surface area is 123 Å². The van der Waals surface area contributed by atoms with Gasteiger partial charge in [0.2, 0.25) is 0 Å². The van der Waals surface area contributed by atoms with Gasteiger partial charge in [0, 0.05) is 24.4 Å². The molecule has 0 amide bonds. The maximum Gasteiger partial charge on any atom is 0.131 e. The van der Waals surface area contributed by atoms with Gasteiger partial charge in [-0.05, 0) is 50.0 Å². The van der Waals surface area contributed by atoms with Crippen LogP contribution in [0.25, 0.3) is 0 Å². The van der Waals surface area contributed by atoms with E-state index in [9.17, 15) is 0 Å². The second-order valence-electron chi connectivity index (χ2n) is 6.33. The molecule has 0 bridgehead atoms. The maximum atomic E-state index is 5.97. The van der Waals surface area contributed by atoms with Gasteiger partial charge in [0.05, 0.1) is 0 Å². The lowest BCUT2D eigenvalue weighted by Gasteiger charge is -2.27. The number of aromatic nitrogens is 2. The van der Waals surface area contributed by atoms with Crippen molar-refractivity contribution < 1.29 is 0 Å². The van der Waals surface area contributed by atoms with Crippen LogP contribution in [0.3, 0.4) is 0 Å². The molecule has 1 aliphatic carbocycles. The van der Waals surface area contributed by atoms with E-state index in [1.807, 2.05) is 12.4 Å². The minimum atomic E-state index is 0.230. The van der Waals surface area contributed by atoms with Crippen LogP contribution in [-0.4, -0.2) is 16.0 Å². The summed E-state index contributed by atoms with van der Waals surface area (Å²) < 4.78 is 0. The molecule has 0 saturated heterocycles.